The van der Waals surface area contributed by atoms with E-state index < -0.39 is 10.0 Å². The molecule has 20 heavy (non-hydrogen) atoms. The number of nitrogens with one attached hydrogen (secondary N) is 1. The number of sulfonamides is 1. The maximum atomic E-state index is 12.8. The highest BCUT2D eigenvalue weighted by molar-refractivity contribution is 7.99. The summed E-state index contributed by atoms with van der Waals surface area (Å²) in [6, 6.07) is 5.25. The molecule has 0 unspecified atom stereocenters. The summed E-state index contributed by atoms with van der Waals surface area (Å²) >= 11 is 1.81. The van der Waals surface area contributed by atoms with Crippen molar-refractivity contribution in [2.24, 2.45) is 0 Å². The lowest BCUT2D eigenvalue weighted by atomic mass is 10.2. The van der Waals surface area contributed by atoms with E-state index in [0.29, 0.717) is 29.1 Å². The fourth-order valence-corrected chi connectivity index (χ4v) is 5.08. The van der Waals surface area contributed by atoms with E-state index in [-0.39, 0.29) is 0 Å². The largest absolute Gasteiger partial charge is 0.399 e. The lowest BCUT2D eigenvalue weighted by molar-refractivity contribution is 0.435. The lowest BCUT2D eigenvalue weighted by Gasteiger charge is -2.19. The van der Waals surface area contributed by atoms with Crippen LogP contribution in [0, 0.1) is 0 Å². The van der Waals surface area contributed by atoms with Gasteiger partial charge in [-0.05, 0) is 30.4 Å². The molecule has 0 saturated carbocycles. The van der Waals surface area contributed by atoms with Crippen LogP contribution in [-0.4, -0.2) is 42.3 Å². The van der Waals surface area contributed by atoms with Gasteiger partial charge >= 0.3 is 0 Å². The molecule has 1 fully saturated rings. The van der Waals surface area contributed by atoms with E-state index in [1.165, 1.54) is 0 Å². The fraction of sp³-hybridized carbons (Fsp3) is 0.385. The molecule has 2 aromatic rings. The number of H-pyrrole nitrogens is 1. The number of rotatable bonds is 2. The Balaban J connectivity index is 2.04. The quantitative estimate of drug-likeness (QED) is 0.830. The third-order valence-electron chi connectivity index (χ3n) is 3.47. The van der Waals surface area contributed by atoms with Crippen molar-refractivity contribution in [2.45, 2.75) is 11.3 Å². The van der Waals surface area contributed by atoms with Crippen LogP contribution in [0.2, 0.25) is 0 Å². The highest BCUT2D eigenvalue weighted by atomic mass is 32.2. The van der Waals surface area contributed by atoms with E-state index in [4.69, 9.17) is 5.73 Å². The summed E-state index contributed by atoms with van der Waals surface area (Å²) in [5.74, 6) is 1.88. The minimum absolute atomic E-state index is 0.347. The van der Waals surface area contributed by atoms with Crippen LogP contribution in [0.5, 0.6) is 0 Å². The smallest absolute Gasteiger partial charge is 0.245 e. The van der Waals surface area contributed by atoms with Gasteiger partial charge in [0.1, 0.15) is 4.90 Å². The molecule has 1 aliphatic rings. The SMILES string of the molecule is Nc1ccc2c(S(=O)(=O)N3CCCSCC3)c[nH]c2c1. The molecule has 0 aliphatic carbocycles. The normalized spacial score (nSPS) is 18.2. The van der Waals surface area contributed by atoms with Crippen molar-refractivity contribution in [3.63, 3.8) is 0 Å². The minimum Gasteiger partial charge on any atom is -0.399 e. The first-order valence-corrected chi connectivity index (χ1v) is 9.13. The van der Waals surface area contributed by atoms with Crippen LogP contribution in [0.4, 0.5) is 5.69 Å². The third kappa shape index (κ3) is 2.41. The topological polar surface area (TPSA) is 79.2 Å². The molecule has 0 radical (unpaired) electrons. The summed E-state index contributed by atoms with van der Waals surface area (Å²) in [6.45, 7) is 1.17. The Labute approximate surface area is 122 Å². The number of nitrogens with two attached hydrogens (primary N) is 1. The second-order valence-corrected chi connectivity index (χ2v) is 7.96. The number of hydrogen-bond donors (Lipinski definition) is 2. The maximum absolute atomic E-state index is 12.8. The first-order chi connectivity index (χ1) is 9.59. The average molecular weight is 311 g/mol. The van der Waals surface area contributed by atoms with Crippen molar-refractivity contribution in [1.29, 1.82) is 0 Å². The van der Waals surface area contributed by atoms with Crippen molar-refractivity contribution in [3.8, 4) is 0 Å². The minimum atomic E-state index is -3.43. The summed E-state index contributed by atoms with van der Waals surface area (Å²) in [5.41, 5.74) is 7.10. The Morgan fingerprint density at radius 3 is 2.95 bits per heavy atom. The molecule has 1 aromatic heterocycles. The summed E-state index contributed by atoms with van der Waals surface area (Å²) in [6.07, 6.45) is 2.47. The van der Waals surface area contributed by atoms with Crippen molar-refractivity contribution in [2.75, 3.05) is 30.3 Å². The number of hydrogen-bond acceptors (Lipinski definition) is 4. The molecule has 7 heteroatoms. The first-order valence-electron chi connectivity index (χ1n) is 6.53. The van der Waals surface area contributed by atoms with Gasteiger partial charge in [0.15, 0.2) is 0 Å². The van der Waals surface area contributed by atoms with Gasteiger partial charge in [0.2, 0.25) is 10.0 Å². The monoisotopic (exact) mass is 311 g/mol. The Morgan fingerprint density at radius 2 is 2.10 bits per heavy atom. The lowest BCUT2D eigenvalue weighted by Crippen LogP contribution is -2.32. The van der Waals surface area contributed by atoms with Crippen molar-refractivity contribution in [1.82, 2.24) is 9.29 Å². The average Bonchev–Trinajstić information content (AvgIpc) is 2.65. The molecular weight excluding hydrogens is 294 g/mol. The van der Waals surface area contributed by atoms with Gasteiger partial charge in [0.05, 0.1) is 0 Å². The summed E-state index contributed by atoms with van der Waals surface area (Å²) in [4.78, 5) is 3.35. The molecule has 3 rings (SSSR count). The van der Waals surface area contributed by atoms with Gasteiger partial charge < -0.3 is 10.7 Å². The maximum Gasteiger partial charge on any atom is 0.245 e. The highest BCUT2D eigenvalue weighted by Crippen LogP contribution is 2.28. The van der Waals surface area contributed by atoms with Crippen LogP contribution >= 0.6 is 11.8 Å². The molecule has 108 valence electrons. The molecule has 0 atom stereocenters. The Bertz CT molecular complexity index is 716. The van der Waals surface area contributed by atoms with Gasteiger partial charge in [-0.1, -0.05) is 0 Å². The van der Waals surface area contributed by atoms with Crippen molar-refractivity contribution >= 4 is 38.4 Å². The number of aromatic nitrogens is 1. The molecule has 0 amide bonds. The van der Waals surface area contributed by atoms with E-state index in [2.05, 4.69) is 4.98 Å². The summed E-state index contributed by atoms with van der Waals surface area (Å²) < 4.78 is 27.1. The first kappa shape index (κ1) is 13.8. The number of thioether (sulfide) groups is 1. The van der Waals surface area contributed by atoms with Gasteiger partial charge in [-0.2, -0.15) is 16.1 Å². The van der Waals surface area contributed by atoms with E-state index in [1.807, 2.05) is 11.8 Å². The Morgan fingerprint density at radius 1 is 1.25 bits per heavy atom. The molecule has 0 spiro atoms. The van der Waals surface area contributed by atoms with E-state index in [9.17, 15) is 8.42 Å². The molecule has 3 N–H and O–H groups in total. The Kier molecular flexibility index (Phi) is 3.66. The van der Waals surface area contributed by atoms with E-state index in [1.54, 1.807) is 28.7 Å². The zero-order valence-electron chi connectivity index (χ0n) is 11.0. The van der Waals surface area contributed by atoms with Gasteiger partial charge in [-0.3, -0.25) is 0 Å². The number of anilines is 1. The van der Waals surface area contributed by atoms with Crippen molar-refractivity contribution < 1.29 is 8.42 Å². The van der Waals surface area contributed by atoms with E-state index in [0.717, 1.165) is 23.4 Å². The number of nitrogen functional groups attached to an aromatic ring is 1. The predicted molar refractivity (Wildman–Crippen MR) is 83.4 cm³/mol. The number of fused-ring (bicyclic) bond motifs is 1. The second-order valence-electron chi connectivity index (χ2n) is 4.83. The van der Waals surface area contributed by atoms with Gasteiger partial charge in [0.25, 0.3) is 0 Å². The van der Waals surface area contributed by atoms with Gasteiger partial charge in [0, 0.05) is 41.6 Å². The summed E-state index contributed by atoms with van der Waals surface area (Å²) in [7, 11) is -3.43. The molecule has 1 saturated heterocycles. The van der Waals surface area contributed by atoms with Crippen LogP contribution < -0.4 is 5.73 Å². The molecule has 2 heterocycles. The molecule has 1 aliphatic heterocycles. The molecule has 5 nitrogen and oxygen atoms in total. The fourth-order valence-electron chi connectivity index (χ4n) is 2.43. The van der Waals surface area contributed by atoms with Crippen molar-refractivity contribution in [3.05, 3.63) is 24.4 Å². The van der Waals surface area contributed by atoms with E-state index >= 15 is 0 Å². The second kappa shape index (κ2) is 5.31. The van der Waals surface area contributed by atoms with Crippen LogP contribution in [0.1, 0.15) is 6.42 Å². The van der Waals surface area contributed by atoms with Crippen LogP contribution in [0.3, 0.4) is 0 Å². The molecule has 0 bridgehead atoms. The summed E-state index contributed by atoms with van der Waals surface area (Å²) in [5, 5.41) is 0.705. The predicted octanol–water partition coefficient (Wildman–Crippen LogP) is 1.88. The van der Waals surface area contributed by atoms with Crippen LogP contribution in [0.25, 0.3) is 10.9 Å². The third-order valence-corrected chi connectivity index (χ3v) is 6.45. The number of benzene rings is 1. The van der Waals surface area contributed by atoms with Crippen LogP contribution in [0.15, 0.2) is 29.3 Å². The molecule has 1 aromatic carbocycles. The van der Waals surface area contributed by atoms with Crippen LogP contribution in [-0.2, 0) is 10.0 Å². The molecular formula is C13H17N3O2S2. The van der Waals surface area contributed by atoms with Gasteiger partial charge in [-0.25, -0.2) is 8.42 Å². The standard InChI is InChI=1S/C13H17N3O2S2/c14-10-2-3-11-12(8-10)15-9-13(11)20(17,18)16-4-1-6-19-7-5-16/h2-3,8-9,15H,1,4-7,14H2. The number of nitrogens with zero attached hydrogens (tertiary/aromatic N) is 1. The highest BCUT2D eigenvalue weighted by Gasteiger charge is 2.27. The van der Waals surface area contributed by atoms with Gasteiger partial charge in [-0.15, -0.1) is 0 Å². The Hall–Kier alpha value is -1.18. The zero-order valence-corrected chi connectivity index (χ0v) is 12.6. The number of aromatic amines is 1. The zero-order chi connectivity index (χ0) is 14.2.